The molecule has 2 aromatic rings. The number of rotatable bonds is 2. The summed E-state index contributed by atoms with van der Waals surface area (Å²) < 4.78 is 24.9. The van der Waals surface area contributed by atoms with Crippen LogP contribution in [0.15, 0.2) is 46.5 Å². The van der Waals surface area contributed by atoms with Crippen molar-refractivity contribution in [1.29, 1.82) is 0 Å². The van der Waals surface area contributed by atoms with Crippen LogP contribution < -0.4 is 0 Å². The number of aryl methyl sites for hydroxylation is 1. The molecule has 0 unspecified atom stereocenters. The van der Waals surface area contributed by atoms with Crippen molar-refractivity contribution in [2.24, 2.45) is 0 Å². The number of H-pyrrole nitrogens is 1. The van der Waals surface area contributed by atoms with E-state index >= 15 is 0 Å². The molecule has 0 saturated carbocycles. The van der Waals surface area contributed by atoms with Gasteiger partial charge in [0.25, 0.3) is 0 Å². The first-order chi connectivity index (χ1) is 9.09. The van der Waals surface area contributed by atoms with Gasteiger partial charge in [-0.3, -0.25) is 0 Å². The Kier molecular flexibility index (Phi) is 2.97. The van der Waals surface area contributed by atoms with Crippen LogP contribution >= 0.6 is 0 Å². The minimum absolute atomic E-state index is 0.330. The highest BCUT2D eigenvalue weighted by Crippen LogP contribution is 2.33. The molecule has 3 nitrogen and oxygen atoms in total. The fourth-order valence-corrected chi connectivity index (χ4v) is 4.10. The number of fused-ring (bicyclic) bond motifs is 1. The molecule has 0 radical (unpaired) electrons. The Hall–Kier alpha value is -1.55. The molecule has 0 fully saturated rings. The summed E-state index contributed by atoms with van der Waals surface area (Å²) in [5.74, 6) is 0.535. The normalized spacial score (nSPS) is 19.1. The molecule has 0 bridgehead atoms. The summed E-state index contributed by atoms with van der Waals surface area (Å²) in [5, 5.41) is 0. The van der Waals surface area contributed by atoms with E-state index in [9.17, 15) is 8.42 Å². The molecule has 1 aromatic carbocycles. The van der Waals surface area contributed by atoms with Gasteiger partial charge in [0.2, 0.25) is 9.84 Å². The number of hydrogen-bond acceptors (Lipinski definition) is 2. The first kappa shape index (κ1) is 12.5. The van der Waals surface area contributed by atoms with Crippen LogP contribution in [-0.4, -0.2) is 13.4 Å². The van der Waals surface area contributed by atoms with Crippen LogP contribution in [0, 0.1) is 0 Å². The Morgan fingerprint density at radius 1 is 1.21 bits per heavy atom. The van der Waals surface area contributed by atoms with Crippen LogP contribution in [0.5, 0.6) is 0 Å². The van der Waals surface area contributed by atoms with Crippen molar-refractivity contribution in [2.75, 3.05) is 0 Å². The van der Waals surface area contributed by atoms with Crippen molar-refractivity contribution < 1.29 is 8.42 Å². The fraction of sp³-hybridized carbons (Fsp3) is 0.333. The SMILES string of the molecule is C[C@@H]1CCCc2cc(S(=O)(=O)c3cc[nH]c3)ccc21. The summed E-state index contributed by atoms with van der Waals surface area (Å²) in [7, 11) is -3.38. The molecule has 1 N–H and O–H groups in total. The molecule has 3 rings (SSSR count). The predicted molar refractivity (Wildman–Crippen MR) is 74.0 cm³/mol. The second-order valence-corrected chi connectivity index (χ2v) is 7.15. The molecule has 4 heteroatoms. The first-order valence-electron chi connectivity index (χ1n) is 6.60. The summed E-state index contributed by atoms with van der Waals surface area (Å²) in [6.07, 6.45) is 6.47. The lowest BCUT2D eigenvalue weighted by molar-refractivity contribution is 0.584. The van der Waals surface area contributed by atoms with Gasteiger partial charge in [-0.15, -0.1) is 0 Å². The highest BCUT2D eigenvalue weighted by molar-refractivity contribution is 7.91. The van der Waals surface area contributed by atoms with Crippen molar-refractivity contribution in [3.63, 3.8) is 0 Å². The van der Waals surface area contributed by atoms with Gasteiger partial charge in [0.15, 0.2) is 0 Å². The first-order valence-corrected chi connectivity index (χ1v) is 8.08. The van der Waals surface area contributed by atoms with Crippen LogP contribution in [-0.2, 0) is 16.3 Å². The van der Waals surface area contributed by atoms with E-state index in [0.717, 1.165) is 12.8 Å². The lowest BCUT2D eigenvalue weighted by atomic mass is 9.84. The molecule has 0 saturated heterocycles. The van der Waals surface area contributed by atoms with Crippen LogP contribution in [0.2, 0.25) is 0 Å². The minimum Gasteiger partial charge on any atom is -0.366 e. The highest BCUT2D eigenvalue weighted by atomic mass is 32.2. The van der Waals surface area contributed by atoms with Gasteiger partial charge in [0.05, 0.1) is 9.79 Å². The molecule has 1 atom stereocenters. The van der Waals surface area contributed by atoms with Crippen molar-refractivity contribution in [2.45, 2.75) is 41.9 Å². The van der Waals surface area contributed by atoms with E-state index in [1.807, 2.05) is 12.1 Å². The molecule has 1 aliphatic carbocycles. The lowest BCUT2D eigenvalue weighted by Crippen LogP contribution is -2.09. The Bertz CT molecular complexity index is 687. The van der Waals surface area contributed by atoms with Crippen molar-refractivity contribution in [3.05, 3.63) is 47.8 Å². The molecule has 100 valence electrons. The standard InChI is InChI=1S/C15H17NO2S/c1-11-3-2-4-12-9-13(5-6-15(11)12)19(17,18)14-7-8-16-10-14/h5-11,16H,2-4H2,1H3/t11-/m1/s1. The van der Waals surface area contributed by atoms with Crippen molar-refractivity contribution in [1.82, 2.24) is 4.98 Å². The summed E-state index contributed by atoms with van der Waals surface area (Å²) >= 11 is 0. The Morgan fingerprint density at radius 3 is 2.79 bits per heavy atom. The van der Waals surface area contributed by atoms with E-state index in [0.29, 0.717) is 15.7 Å². The van der Waals surface area contributed by atoms with Crippen LogP contribution in [0.4, 0.5) is 0 Å². The summed E-state index contributed by atoms with van der Waals surface area (Å²) in [6.45, 7) is 2.21. The quantitative estimate of drug-likeness (QED) is 0.914. The molecule has 0 spiro atoms. The molecule has 1 heterocycles. The predicted octanol–water partition coefficient (Wildman–Crippen LogP) is 3.29. The summed E-state index contributed by atoms with van der Waals surface area (Å²) in [4.78, 5) is 3.53. The topological polar surface area (TPSA) is 49.9 Å². The molecular formula is C15H17NO2S. The Balaban J connectivity index is 2.08. The summed E-state index contributed by atoms with van der Waals surface area (Å²) in [5.41, 5.74) is 2.50. The molecule has 19 heavy (non-hydrogen) atoms. The zero-order valence-electron chi connectivity index (χ0n) is 10.9. The third-order valence-corrected chi connectivity index (χ3v) is 5.67. The van der Waals surface area contributed by atoms with Gasteiger partial charge in [0.1, 0.15) is 0 Å². The van der Waals surface area contributed by atoms with Gasteiger partial charge < -0.3 is 4.98 Å². The summed E-state index contributed by atoms with van der Waals surface area (Å²) in [6, 6.07) is 7.17. The average Bonchev–Trinajstić information content (AvgIpc) is 2.93. The molecular weight excluding hydrogens is 258 g/mol. The molecule has 0 amide bonds. The van der Waals surface area contributed by atoms with E-state index in [2.05, 4.69) is 11.9 Å². The maximum atomic E-state index is 12.4. The minimum atomic E-state index is -3.38. The van der Waals surface area contributed by atoms with Gasteiger partial charge >= 0.3 is 0 Å². The van der Waals surface area contributed by atoms with Crippen molar-refractivity contribution in [3.8, 4) is 0 Å². The highest BCUT2D eigenvalue weighted by Gasteiger charge is 2.22. The number of nitrogens with one attached hydrogen (secondary N) is 1. The zero-order chi connectivity index (χ0) is 13.5. The van der Waals surface area contributed by atoms with E-state index in [-0.39, 0.29) is 0 Å². The molecule has 0 aliphatic heterocycles. The number of benzene rings is 1. The fourth-order valence-electron chi connectivity index (χ4n) is 2.81. The maximum absolute atomic E-state index is 12.4. The van der Waals surface area contributed by atoms with Gasteiger partial charge in [-0.25, -0.2) is 8.42 Å². The second kappa shape index (κ2) is 4.53. The average molecular weight is 275 g/mol. The van der Waals surface area contributed by atoms with E-state index in [1.165, 1.54) is 23.7 Å². The van der Waals surface area contributed by atoms with E-state index in [1.54, 1.807) is 18.3 Å². The van der Waals surface area contributed by atoms with Gasteiger partial charge in [-0.1, -0.05) is 13.0 Å². The number of hydrogen-bond donors (Lipinski definition) is 1. The smallest absolute Gasteiger partial charge is 0.208 e. The lowest BCUT2D eigenvalue weighted by Gasteiger charge is -2.22. The van der Waals surface area contributed by atoms with Crippen LogP contribution in [0.25, 0.3) is 0 Å². The second-order valence-electron chi connectivity index (χ2n) is 5.20. The maximum Gasteiger partial charge on any atom is 0.208 e. The van der Waals surface area contributed by atoms with Crippen molar-refractivity contribution >= 4 is 9.84 Å². The molecule has 1 aromatic heterocycles. The zero-order valence-corrected chi connectivity index (χ0v) is 11.7. The van der Waals surface area contributed by atoms with Crippen LogP contribution in [0.1, 0.15) is 36.8 Å². The third-order valence-electron chi connectivity index (χ3n) is 3.92. The van der Waals surface area contributed by atoms with Gasteiger partial charge in [0, 0.05) is 12.4 Å². The van der Waals surface area contributed by atoms with Gasteiger partial charge in [-0.05, 0) is 54.5 Å². The Morgan fingerprint density at radius 2 is 2.05 bits per heavy atom. The Labute approximate surface area is 113 Å². The monoisotopic (exact) mass is 275 g/mol. The van der Waals surface area contributed by atoms with Gasteiger partial charge in [-0.2, -0.15) is 0 Å². The van der Waals surface area contributed by atoms with E-state index < -0.39 is 9.84 Å². The largest absolute Gasteiger partial charge is 0.366 e. The molecule has 1 aliphatic rings. The van der Waals surface area contributed by atoms with Crippen LogP contribution in [0.3, 0.4) is 0 Å². The number of aromatic nitrogens is 1. The van der Waals surface area contributed by atoms with E-state index in [4.69, 9.17) is 0 Å². The third kappa shape index (κ3) is 2.10. The number of aromatic amines is 1. The number of sulfone groups is 1.